The molecule has 2 aliphatic rings. The summed E-state index contributed by atoms with van der Waals surface area (Å²) in [4.78, 5) is 2.50. The molecule has 1 aromatic heterocycles. The summed E-state index contributed by atoms with van der Waals surface area (Å²) < 4.78 is 2.47. The number of benzene rings is 5. The molecule has 0 bridgehead atoms. The standard InChI is InChI=1S/C48H38N2/c1-5-7-18-33(3)34(4)38(17-6-2)36-27-29-37(30-28-36)49-43-25-15-12-22-40(43)47-45(49)31-32-46-48(47)41-23-13-16-26-44(41)50(46)42-24-14-11-21-39(42)35-19-9-8-10-20-35/h5-32,45,47H,1-4H2/b18-7-,38-17+. The average molecular weight is 643 g/mol. The number of allylic oxidation sites excluding steroid dienone is 8. The molecule has 0 saturated heterocycles. The molecule has 0 fully saturated rings. The molecule has 8 rings (SSSR count). The van der Waals surface area contributed by atoms with Crippen LogP contribution >= 0.6 is 0 Å². The Hall–Kier alpha value is -6.38. The van der Waals surface area contributed by atoms with Gasteiger partial charge in [0, 0.05) is 28.2 Å². The molecule has 2 unspecified atom stereocenters. The molecule has 5 aromatic carbocycles. The second kappa shape index (κ2) is 12.9. The summed E-state index contributed by atoms with van der Waals surface area (Å²) in [6.07, 6.45) is 14.1. The number of rotatable bonds is 9. The van der Waals surface area contributed by atoms with Gasteiger partial charge in [0.05, 0.1) is 22.9 Å². The Morgan fingerprint density at radius 2 is 1.38 bits per heavy atom. The molecule has 50 heavy (non-hydrogen) atoms. The highest BCUT2D eigenvalue weighted by Gasteiger charge is 2.43. The van der Waals surface area contributed by atoms with Crippen molar-refractivity contribution in [2.75, 3.05) is 4.90 Å². The van der Waals surface area contributed by atoms with Crippen molar-refractivity contribution in [1.29, 1.82) is 0 Å². The zero-order valence-corrected chi connectivity index (χ0v) is 28.0. The quantitative estimate of drug-likeness (QED) is 0.143. The maximum Gasteiger partial charge on any atom is 0.0637 e. The molecule has 240 valence electrons. The van der Waals surface area contributed by atoms with Crippen molar-refractivity contribution >= 4 is 33.9 Å². The topological polar surface area (TPSA) is 8.17 Å². The van der Waals surface area contributed by atoms with Gasteiger partial charge in [-0.15, -0.1) is 0 Å². The molecule has 1 aliphatic heterocycles. The van der Waals surface area contributed by atoms with Gasteiger partial charge in [0.2, 0.25) is 0 Å². The Morgan fingerprint density at radius 3 is 2.16 bits per heavy atom. The number of hydrogen-bond donors (Lipinski definition) is 0. The summed E-state index contributed by atoms with van der Waals surface area (Å²) in [5.41, 5.74) is 14.9. The van der Waals surface area contributed by atoms with Gasteiger partial charge in [0.25, 0.3) is 0 Å². The van der Waals surface area contributed by atoms with Crippen LogP contribution in [0.25, 0.3) is 39.4 Å². The van der Waals surface area contributed by atoms with Gasteiger partial charge in [-0.1, -0.05) is 160 Å². The van der Waals surface area contributed by atoms with Crippen LogP contribution in [-0.2, 0) is 0 Å². The van der Waals surface area contributed by atoms with Gasteiger partial charge in [-0.2, -0.15) is 0 Å². The lowest BCUT2D eigenvalue weighted by atomic mass is 9.82. The Labute approximate surface area is 295 Å². The molecule has 0 radical (unpaired) electrons. The van der Waals surface area contributed by atoms with E-state index in [9.17, 15) is 0 Å². The molecule has 0 N–H and O–H groups in total. The van der Waals surface area contributed by atoms with E-state index in [1.807, 2.05) is 18.2 Å². The SMILES string of the molecule is C=C/C=C\C(=C)C(=C)/C(=C\C=C)c1ccc(N2c3ccccc3C3c4c(n(-c5ccccc5-c5ccccc5)c5ccccc45)C=CC32)cc1. The van der Waals surface area contributed by atoms with Gasteiger partial charge in [-0.25, -0.2) is 0 Å². The molecular formula is C48H38N2. The first kappa shape index (κ1) is 30.9. The van der Waals surface area contributed by atoms with E-state index in [4.69, 9.17) is 0 Å². The molecule has 1 aliphatic carbocycles. The first-order valence-corrected chi connectivity index (χ1v) is 17.1. The summed E-state index contributed by atoms with van der Waals surface area (Å²) in [5.74, 6) is 0.164. The Bertz CT molecular complexity index is 2390. The molecule has 0 saturated carbocycles. The fraction of sp³-hybridized carbons (Fsp3) is 0.0417. The molecule has 2 atom stereocenters. The molecule has 6 aromatic rings. The van der Waals surface area contributed by atoms with Gasteiger partial charge in [-0.3, -0.25) is 0 Å². The van der Waals surface area contributed by atoms with E-state index >= 15 is 0 Å². The van der Waals surface area contributed by atoms with E-state index in [1.165, 1.54) is 50.2 Å². The third-order valence-corrected chi connectivity index (χ3v) is 10.0. The highest BCUT2D eigenvalue weighted by atomic mass is 15.2. The number of anilines is 2. The maximum atomic E-state index is 4.36. The lowest BCUT2D eigenvalue weighted by Crippen LogP contribution is -2.30. The molecule has 0 spiro atoms. The molecular weight excluding hydrogens is 605 g/mol. The van der Waals surface area contributed by atoms with Gasteiger partial charge in [-0.05, 0) is 75.4 Å². The van der Waals surface area contributed by atoms with E-state index in [2.05, 4.69) is 175 Å². The van der Waals surface area contributed by atoms with Crippen molar-refractivity contribution in [1.82, 2.24) is 4.57 Å². The van der Waals surface area contributed by atoms with Crippen LogP contribution in [0.3, 0.4) is 0 Å². The zero-order valence-electron chi connectivity index (χ0n) is 28.0. The van der Waals surface area contributed by atoms with Crippen molar-refractivity contribution in [3.05, 3.63) is 224 Å². The summed E-state index contributed by atoms with van der Waals surface area (Å²) in [6.45, 7) is 16.3. The minimum Gasteiger partial charge on any atom is -0.333 e. The normalized spacial score (nSPS) is 16.2. The van der Waals surface area contributed by atoms with E-state index in [-0.39, 0.29) is 12.0 Å². The second-order valence-electron chi connectivity index (χ2n) is 12.8. The van der Waals surface area contributed by atoms with E-state index in [0.717, 1.165) is 28.0 Å². The van der Waals surface area contributed by atoms with Crippen LogP contribution < -0.4 is 4.90 Å². The zero-order chi connectivity index (χ0) is 34.2. The molecule has 2 nitrogen and oxygen atoms in total. The highest BCUT2D eigenvalue weighted by Crippen LogP contribution is 2.54. The van der Waals surface area contributed by atoms with Crippen LogP contribution in [0.1, 0.15) is 28.3 Å². The minimum absolute atomic E-state index is 0.122. The lowest BCUT2D eigenvalue weighted by Gasteiger charge is -2.31. The third-order valence-electron chi connectivity index (χ3n) is 10.0. The smallest absolute Gasteiger partial charge is 0.0637 e. The lowest BCUT2D eigenvalue weighted by molar-refractivity contribution is 0.725. The Balaban J connectivity index is 1.24. The summed E-state index contributed by atoms with van der Waals surface area (Å²) >= 11 is 0. The number of hydrogen-bond acceptors (Lipinski definition) is 1. The first-order valence-electron chi connectivity index (χ1n) is 17.1. The second-order valence-corrected chi connectivity index (χ2v) is 12.8. The number of para-hydroxylation sites is 3. The summed E-state index contributed by atoms with van der Waals surface area (Å²) in [6, 6.07) is 46.2. The van der Waals surface area contributed by atoms with E-state index < -0.39 is 0 Å². The molecule has 2 heteroatoms. The van der Waals surface area contributed by atoms with Crippen LogP contribution in [0.15, 0.2) is 201 Å². The molecule has 2 heterocycles. The number of aromatic nitrogens is 1. The monoisotopic (exact) mass is 642 g/mol. The Kier molecular flexibility index (Phi) is 7.98. The fourth-order valence-corrected chi connectivity index (χ4v) is 7.80. The van der Waals surface area contributed by atoms with Gasteiger partial charge < -0.3 is 9.47 Å². The van der Waals surface area contributed by atoms with Crippen LogP contribution in [-0.4, -0.2) is 10.6 Å². The fourth-order valence-electron chi connectivity index (χ4n) is 7.80. The first-order chi connectivity index (χ1) is 24.6. The van der Waals surface area contributed by atoms with Crippen LogP contribution in [0, 0.1) is 0 Å². The predicted molar refractivity (Wildman–Crippen MR) is 214 cm³/mol. The van der Waals surface area contributed by atoms with Gasteiger partial charge in [0.15, 0.2) is 0 Å². The van der Waals surface area contributed by atoms with Crippen LogP contribution in [0.2, 0.25) is 0 Å². The number of nitrogens with zero attached hydrogens (tertiary/aromatic N) is 2. The minimum atomic E-state index is 0.122. The van der Waals surface area contributed by atoms with Crippen molar-refractivity contribution in [2.45, 2.75) is 12.0 Å². The third kappa shape index (κ3) is 5.05. The van der Waals surface area contributed by atoms with Crippen molar-refractivity contribution in [3.63, 3.8) is 0 Å². The average Bonchev–Trinajstić information content (AvgIpc) is 3.69. The van der Waals surface area contributed by atoms with Crippen molar-refractivity contribution in [3.8, 4) is 16.8 Å². The van der Waals surface area contributed by atoms with Crippen LogP contribution in [0.5, 0.6) is 0 Å². The van der Waals surface area contributed by atoms with Crippen molar-refractivity contribution < 1.29 is 0 Å². The Morgan fingerprint density at radius 1 is 0.680 bits per heavy atom. The summed E-state index contributed by atoms with van der Waals surface area (Å²) in [5, 5.41) is 1.29. The maximum absolute atomic E-state index is 4.36. The van der Waals surface area contributed by atoms with E-state index in [1.54, 1.807) is 12.2 Å². The van der Waals surface area contributed by atoms with Crippen molar-refractivity contribution in [2.24, 2.45) is 0 Å². The predicted octanol–water partition coefficient (Wildman–Crippen LogP) is 12.4. The van der Waals surface area contributed by atoms with Crippen LogP contribution in [0.4, 0.5) is 11.4 Å². The van der Waals surface area contributed by atoms with Gasteiger partial charge in [0.1, 0.15) is 0 Å². The largest absolute Gasteiger partial charge is 0.333 e. The van der Waals surface area contributed by atoms with E-state index in [0.29, 0.717) is 0 Å². The number of fused-ring (bicyclic) bond motifs is 7. The summed E-state index contributed by atoms with van der Waals surface area (Å²) in [7, 11) is 0. The molecule has 0 amide bonds. The van der Waals surface area contributed by atoms with Gasteiger partial charge >= 0.3 is 0 Å². The highest BCUT2D eigenvalue weighted by molar-refractivity contribution is 5.95.